The van der Waals surface area contributed by atoms with Crippen LogP contribution in [-0.2, 0) is 14.3 Å². The average molecular weight is 291 g/mol. The molecule has 112 valence electrons. The van der Waals surface area contributed by atoms with Gasteiger partial charge < -0.3 is 19.5 Å². The van der Waals surface area contributed by atoms with Crippen LogP contribution >= 0.6 is 0 Å². The Balaban J connectivity index is 1.55. The standard InChI is InChI=1S/C15H17NO5/c1-9-14(21-12-5-3-2-4-11(12)20-9)15(18)19-8-13(17)16-10-6-7-10/h2-5,9-10,14H,6-8H2,1H3,(H,16,17). The number of ether oxygens (including phenoxy) is 3. The summed E-state index contributed by atoms with van der Waals surface area (Å²) in [6, 6.07) is 7.37. The first-order valence-corrected chi connectivity index (χ1v) is 7.02. The summed E-state index contributed by atoms with van der Waals surface area (Å²) in [5, 5.41) is 2.75. The van der Waals surface area contributed by atoms with Crippen LogP contribution in [0, 0.1) is 0 Å². The number of carbonyl (C=O) groups is 2. The minimum atomic E-state index is -0.867. The van der Waals surface area contributed by atoms with Gasteiger partial charge in [0, 0.05) is 6.04 Å². The molecule has 1 aliphatic heterocycles. The molecule has 3 rings (SSSR count). The van der Waals surface area contributed by atoms with Crippen molar-refractivity contribution in [2.75, 3.05) is 6.61 Å². The zero-order valence-electron chi connectivity index (χ0n) is 11.7. The summed E-state index contributed by atoms with van der Waals surface area (Å²) in [7, 11) is 0. The first kappa shape index (κ1) is 13.7. The van der Waals surface area contributed by atoms with Crippen LogP contribution in [-0.4, -0.2) is 36.7 Å². The third-order valence-electron chi connectivity index (χ3n) is 3.36. The summed E-state index contributed by atoms with van der Waals surface area (Å²) in [5.41, 5.74) is 0. The predicted octanol–water partition coefficient (Wildman–Crippen LogP) is 1.04. The maximum absolute atomic E-state index is 12.0. The van der Waals surface area contributed by atoms with E-state index in [4.69, 9.17) is 14.2 Å². The summed E-state index contributed by atoms with van der Waals surface area (Å²) < 4.78 is 16.2. The lowest BCUT2D eigenvalue weighted by Gasteiger charge is -2.30. The first-order chi connectivity index (χ1) is 10.1. The summed E-state index contributed by atoms with van der Waals surface area (Å²) in [6.07, 6.45) is 0.646. The number of hydrogen-bond acceptors (Lipinski definition) is 5. The number of amides is 1. The van der Waals surface area contributed by atoms with Gasteiger partial charge in [0.1, 0.15) is 6.10 Å². The lowest BCUT2D eigenvalue weighted by Crippen LogP contribution is -2.45. The van der Waals surface area contributed by atoms with Gasteiger partial charge in [-0.05, 0) is 31.9 Å². The van der Waals surface area contributed by atoms with E-state index < -0.39 is 18.2 Å². The van der Waals surface area contributed by atoms with Gasteiger partial charge >= 0.3 is 5.97 Å². The van der Waals surface area contributed by atoms with Gasteiger partial charge in [0.2, 0.25) is 6.10 Å². The zero-order valence-corrected chi connectivity index (χ0v) is 11.7. The van der Waals surface area contributed by atoms with Crippen LogP contribution in [0.4, 0.5) is 0 Å². The van der Waals surface area contributed by atoms with E-state index in [-0.39, 0.29) is 18.6 Å². The zero-order chi connectivity index (χ0) is 14.8. The molecule has 0 radical (unpaired) electrons. The number of para-hydroxylation sites is 2. The van der Waals surface area contributed by atoms with Gasteiger partial charge in [-0.3, -0.25) is 4.79 Å². The molecule has 1 N–H and O–H groups in total. The Morgan fingerprint density at radius 2 is 1.90 bits per heavy atom. The third-order valence-corrected chi connectivity index (χ3v) is 3.36. The largest absolute Gasteiger partial charge is 0.482 e. The van der Waals surface area contributed by atoms with Crippen molar-refractivity contribution in [2.24, 2.45) is 0 Å². The van der Waals surface area contributed by atoms with E-state index in [0.29, 0.717) is 11.5 Å². The molecule has 1 aromatic carbocycles. The number of rotatable bonds is 4. The number of hydrogen-bond donors (Lipinski definition) is 1. The molecule has 0 saturated heterocycles. The Labute approximate surface area is 122 Å². The highest BCUT2D eigenvalue weighted by molar-refractivity contribution is 5.83. The van der Waals surface area contributed by atoms with E-state index in [2.05, 4.69) is 5.32 Å². The highest BCUT2D eigenvalue weighted by atomic mass is 16.6. The molecule has 2 atom stereocenters. The van der Waals surface area contributed by atoms with Crippen molar-refractivity contribution >= 4 is 11.9 Å². The Bertz CT molecular complexity index is 555. The molecule has 6 nitrogen and oxygen atoms in total. The minimum absolute atomic E-state index is 0.247. The van der Waals surface area contributed by atoms with Crippen molar-refractivity contribution in [1.29, 1.82) is 0 Å². The molecule has 0 bridgehead atoms. The van der Waals surface area contributed by atoms with Gasteiger partial charge in [0.25, 0.3) is 5.91 Å². The topological polar surface area (TPSA) is 73.9 Å². The monoisotopic (exact) mass is 291 g/mol. The first-order valence-electron chi connectivity index (χ1n) is 7.02. The SMILES string of the molecule is CC1Oc2ccccc2OC1C(=O)OCC(=O)NC1CC1. The second-order valence-electron chi connectivity index (χ2n) is 5.26. The van der Waals surface area contributed by atoms with Gasteiger partial charge in [-0.2, -0.15) is 0 Å². The Hall–Kier alpha value is -2.24. The number of nitrogens with one attached hydrogen (secondary N) is 1. The average Bonchev–Trinajstić information content (AvgIpc) is 3.28. The number of benzene rings is 1. The maximum Gasteiger partial charge on any atom is 0.351 e. The van der Waals surface area contributed by atoms with Crippen LogP contribution in [0.1, 0.15) is 19.8 Å². The van der Waals surface area contributed by atoms with Crippen molar-refractivity contribution in [1.82, 2.24) is 5.32 Å². The van der Waals surface area contributed by atoms with Crippen molar-refractivity contribution in [3.05, 3.63) is 24.3 Å². The molecule has 1 heterocycles. The molecule has 2 aliphatic rings. The number of carbonyl (C=O) groups excluding carboxylic acids is 2. The lowest BCUT2D eigenvalue weighted by molar-refractivity contribution is -0.160. The van der Waals surface area contributed by atoms with Crippen LogP contribution in [0.25, 0.3) is 0 Å². The van der Waals surface area contributed by atoms with Gasteiger partial charge in [-0.1, -0.05) is 12.1 Å². The molecule has 2 unspecified atom stereocenters. The fourth-order valence-corrected chi connectivity index (χ4v) is 2.10. The summed E-state index contributed by atoms with van der Waals surface area (Å²) in [6.45, 7) is 1.44. The summed E-state index contributed by atoms with van der Waals surface area (Å²) in [5.74, 6) is 0.221. The molecule has 21 heavy (non-hydrogen) atoms. The molecule has 1 amide bonds. The fourth-order valence-electron chi connectivity index (χ4n) is 2.10. The second kappa shape index (κ2) is 5.63. The third kappa shape index (κ3) is 3.26. The minimum Gasteiger partial charge on any atom is -0.482 e. The highest BCUT2D eigenvalue weighted by Gasteiger charge is 2.35. The van der Waals surface area contributed by atoms with E-state index in [1.807, 2.05) is 6.07 Å². The summed E-state index contributed by atoms with van der Waals surface area (Å²) in [4.78, 5) is 23.5. The Kier molecular flexibility index (Phi) is 3.68. The fraction of sp³-hybridized carbons (Fsp3) is 0.467. The van der Waals surface area contributed by atoms with E-state index in [0.717, 1.165) is 12.8 Å². The van der Waals surface area contributed by atoms with E-state index in [1.54, 1.807) is 25.1 Å². The van der Waals surface area contributed by atoms with Crippen molar-refractivity contribution in [3.8, 4) is 11.5 Å². The number of fused-ring (bicyclic) bond motifs is 1. The van der Waals surface area contributed by atoms with Gasteiger partial charge in [0.15, 0.2) is 18.1 Å². The highest BCUT2D eigenvalue weighted by Crippen LogP contribution is 2.33. The van der Waals surface area contributed by atoms with Gasteiger partial charge in [-0.15, -0.1) is 0 Å². The van der Waals surface area contributed by atoms with E-state index in [9.17, 15) is 9.59 Å². The van der Waals surface area contributed by atoms with Crippen molar-refractivity contribution in [3.63, 3.8) is 0 Å². The number of esters is 1. The molecule has 1 fully saturated rings. The Morgan fingerprint density at radius 1 is 1.24 bits per heavy atom. The van der Waals surface area contributed by atoms with E-state index >= 15 is 0 Å². The Morgan fingerprint density at radius 3 is 2.57 bits per heavy atom. The van der Waals surface area contributed by atoms with Gasteiger partial charge in [0.05, 0.1) is 0 Å². The smallest absolute Gasteiger partial charge is 0.351 e. The van der Waals surface area contributed by atoms with Crippen LogP contribution < -0.4 is 14.8 Å². The second-order valence-corrected chi connectivity index (χ2v) is 5.26. The molecular formula is C15H17NO5. The molecular weight excluding hydrogens is 274 g/mol. The molecule has 1 aromatic rings. The van der Waals surface area contributed by atoms with Crippen LogP contribution in [0.2, 0.25) is 0 Å². The van der Waals surface area contributed by atoms with E-state index in [1.165, 1.54) is 0 Å². The normalized spacial score (nSPS) is 23.3. The molecule has 1 saturated carbocycles. The lowest BCUT2D eigenvalue weighted by atomic mass is 10.2. The van der Waals surface area contributed by atoms with Crippen molar-refractivity contribution < 1.29 is 23.8 Å². The maximum atomic E-state index is 12.0. The molecule has 6 heteroatoms. The molecule has 1 aliphatic carbocycles. The molecule has 0 aromatic heterocycles. The quantitative estimate of drug-likeness (QED) is 0.839. The van der Waals surface area contributed by atoms with Crippen molar-refractivity contribution in [2.45, 2.75) is 38.0 Å². The predicted molar refractivity (Wildman–Crippen MR) is 73.1 cm³/mol. The van der Waals surface area contributed by atoms with Gasteiger partial charge in [-0.25, -0.2) is 4.79 Å². The van der Waals surface area contributed by atoms with Crippen LogP contribution in [0.15, 0.2) is 24.3 Å². The van der Waals surface area contributed by atoms with Crippen LogP contribution in [0.5, 0.6) is 11.5 Å². The molecule has 0 spiro atoms. The van der Waals surface area contributed by atoms with Crippen LogP contribution in [0.3, 0.4) is 0 Å². The summed E-state index contributed by atoms with van der Waals surface area (Å²) >= 11 is 0.